The zero-order chi connectivity index (χ0) is 23.1. The molecule has 8 heteroatoms. The van der Waals surface area contributed by atoms with Gasteiger partial charge in [0.1, 0.15) is 24.0 Å². The molecule has 0 atom stereocenters. The molecule has 160 valence electrons. The molecule has 0 saturated heterocycles. The average Bonchev–Trinajstić information content (AvgIpc) is 2.80. The van der Waals surface area contributed by atoms with Gasteiger partial charge in [0.2, 0.25) is 0 Å². The van der Waals surface area contributed by atoms with Crippen LogP contribution in [-0.4, -0.2) is 10.8 Å². The Morgan fingerprint density at radius 2 is 1.91 bits per heavy atom. The van der Waals surface area contributed by atoms with Gasteiger partial charge in [0.25, 0.3) is 11.6 Å². The molecule has 0 aliphatic heterocycles. The van der Waals surface area contributed by atoms with Gasteiger partial charge in [-0.2, -0.15) is 5.26 Å². The van der Waals surface area contributed by atoms with E-state index in [1.807, 2.05) is 6.07 Å². The minimum absolute atomic E-state index is 0.00172. The number of carbonyl (C=O) groups excluding carboxylic acids is 1. The van der Waals surface area contributed by atoms with Gasteiger partial charge in [-0.15, -0.1) is 0 Å². The van der Waals surface area contributed by atoms with E-state index in [0.29, 0.717) is 33.1 Å². The van der Waals surface area contributed by atoms with Crippen LogP contribution in [0.5, 0.6) is 5.75 Å². The van der Waals surface area contributed by atoms with Crippen molar-refractivity contribution in [2.45, 2.75) is 13.5 Å². The molecule has 0 aliphatic rings. The van der Waals surface area contributed by atoms with Crippen molar-refractivity contribution in [1.29, 1.82) is 5.26 Å². The lowest BCUT2D eigenvalue weighted by molar-refractivity contribution is -0.384. The van der Waals surface area contributed by atoms with Crippen LogP contribution in [0.1, 0.15) is 16.7 Å². The van der Waals surface area contributed by atoms with E-state index in [0.717, 1.165) is 0 Å². The summed E-state index contributed by atoms with van der Waals surface area (Å²) in [6.07, 6.45) is 1.47. The van der Waals surface area contributed by atoms with E-state index in [2.05, 4.69) is 5.32 Å². The average molecular weight is 448 g/mol. The van der Waals surface area contributed by atoms with Crippen LogP contribution >= 0.6 is 11.6 Å². The van der Waals surface area contributed by atoms with E-state index in [4.69, 9.17) is 16.3 Å². The van der Waals surface area contributed by atoms with E-state index in [1.165, 1.54) is 18.2 Å². The molecule has 0 aromatic heterocycles. The molecular formula is C24H18ClN3O4. The summed E-state index contributed by atoms with van der Waals surface area (Å²) in [6.45, 7) is 1.95. The highest BCUT2D eigenvalue weighted by atomic mass is 35.5. The molecule has 0 aliphatic carbocycles. The van der Waals surface area contributed by atoms with Crippen LogP contribution in [0.25, 0.3) is 6.08 Å². The number of benzene rings is 3. The summed E-state index contributed by atoms with van der Waals surface area (Å²) < 4.78 is 5.66. The first-order valence-corrected chi connectivity index (χ1v) is 9.89. The Bertz CT molecular complexity index is 1230. The quantitative estimate of drug-likeness (QED) is 0.217. The maximum atomic E-state index is 12.5. The molecule has 0 heterocycles. The lowest BCUT2D eigenvalue weighted by Crippen LogP contribution is -2.14. The third kappa shape index (κ3) is 5.72. The Balaban J connectivity index is 1.67. The molecule has 7 nitrogen and oxygen atoms in total. The molecule has 3 aromatic rings. The summed E-state index contributed by atoms with van der Waals surface area (Å²) in [5, 5.41) is 23.5. The van der Waals surface area contributed by atoms with Crippen molar-refractivity contribution in [3.63, 3.8) is 0 Å². The SMILES string of the molecule is Cc1c(Cl)cccc1NC(=O)/C(C#N)=C\c1ccc(OCc2cccc([N+](=O)[O-])c2)cc1. The van der Waals surface area contributed by atoms with Crippen molar-refractivity contribution in [2.24, 2.45) is 0 Å². The second-order valence-electron chi connectivity index (χ2n) is 6.82. The Labute approximate surface area is 189 Å². The smallest absolute Gasteiger partial charge is 0.269 e. The van der Waals surface area contributed by atoms with Crippen LogP contribution in [0, 0.1) is 28.4 Å². The number of nitro groups is 1. The number of rotatable bonds is 7. The molecular weight excluding hydrogens is 430 g/mol. The number of nitrogens with zero attached hydrogens (tertiary/aromatic N) is 2. The third-order valence-electron chi connectivity index (χ3n) is 4.60. The molecule has 1 amide bonds. The molecule has 1 N–H and O–H groups in total. The fraction of sp³-hybridized carbons (Fsp3) is 0.0833. The molecule has 0 saturated carbocycles. The van der Waals surface area contributed by atoms with Crippen LogP contribution in [0.4, 0.5) is 11.4 Å². The number of nitro benzene ring substituents is 1. The molecule has 0 spiro atoms. The molecule has 3 rings (SSSR count). The number of amides is 1. The normalized spacial score (nSPS) is 10.8. The number of carbonyl (C=O) groups is 1. The highest BCUT2D eigenvalue weighted by molar-refractivity contribution is 6.31. The Hall–Kier alpha value is -4.15. The first kappa shape index (κ1) is 22.5. The van der Waals surface area contributed by atoms with Gasteiger partial charge in [-0.1, -0.05) is 41.9 Å². The lowest BCUT2D eigenvalue weighted by Gasteiger charge is -2.09. The van der Waals surface area contributed by atoms with Gasteiger partial charge in [0, 0.05) is 22.8 Å². The number of anilines is 1. The summed E-state index contributed by atoms with van der Waals surface area (Å²) in [7, 11) is 0. The fourth-order valence-corrected chi connectivity index (χ4v) is 3.01. The fourth-order valence-electron chi connectivity index (χ4n) is 2.83. The number of ether oxygens (including phenoxy) is 1. The second kappa shape index (κ2) is 10.2. The summed E-state index contributed by atoms with van der Waals surface area (Å²) in [4.78, 5) is 22.9. The largest absolute Gasteiger partial charge is 0.489 e. The Morgan fingerprint density at radius 3 is 2.59 bits per heavy atom. The van der Waals surface area contributed by atoms with E-state index < -0.39 is 10.8 Å². The number of nitrogens with one attached hydrogen (secondary N) is 1. The number of hydrogen-bond acceptors (Lipinski definition) is 5. The minimum Gasteiger partial charge on any atom is -0.489 e. The van der Waals surface area contributed by atoms with Crippen LogP contribution in [-0.2, 0) is 11.4 Å². The summed E-state index contributed by atoms with van der Waals surface area (Å²) in [5.74, 6) is 0.00929. The maximum Gasteiger partial charge on any atom is 0.269 e. The molecule has 0 bridgehead atoms. The predicted molar refractivity (Wildman–Crippen MR) is 122 cm³/mol. The van der Waals surface area contributed by atoms with E-state index >= 15 is 0 Å². The van der Waals surface area contributed by atoms with Gasteiger partial charge in [0.15, 0.2) is 0 Å². The third-order valence-corrected chi connectivity index (χ3v) is 5.01. The molecule has 32 heavy (non-hydrogen) atoms. The van der Waals surface area contributed by atoms with Crippen molar-refractivity contribution >= 4 is 35.0 Å². The second-order valence-corrected chi connectivity index (χ2v) is 7.23. The topological polar surface area (TPSA) is 105 Å². The monoisotopic (exact) mass is 447 g/mol. The van der Waals surface area contributed by atoms with Crippen molar-refractivity contribution in [3.8, 4) is 11.8 Å². The standard InChI is InChI=1S/C24H18ClN3O4/c1-16-22(25)6-3-7-23(16)27-24(29)19(14-26)12-17-8-10-21(11-9-17)32-15-18-4-2-5-20(13-18)28(30)31/h2-13H,15H2,1H3,(H,27,29)/b19-12-. The summed E-state index contributed by atoms with van der Waals surface area (Å²) in [6, 6.07) is 20.1. The maximum absolute atomic E-state index is 12.5. The summed E-state index contributed by atoms with van der Waals surface area (Å²) in [5.41, 5.74) is 2.50. The van der Waals surface area contributed by atoms with Crippen LogP contribution in [0.3, 0.4) is 0 Å². The minimum atomic E-state index is -0.538. The van der Waals surface area contributed by atoms with E-state index in [9.17, 15) is 20.2 Å². The molecule has 0 fully saturated rings. The Morgan fingerprint density at radius 1 is 1.19 bits per heavy atom. The van der Waals surface area contributed by atoms with Gasteiger partial charge in [-0.25, -0.2) is 0 Å². The number of halogens is 1. The first-order valence-electron chi connectivity index (χ1n) is 9.52. The van der Waals surface area contributed by atoms with Gasteiger partial charge in [-0.05, 0) is 54.0 Å². The Kier molecular flexibility index (Phi) is 7.21. The highest BCUT2D eigenvalue weighted by Crippen LogP contribution is 2.24. The molecule has 0 unspecified atom stereocenters. The zero-order valence-electron chi connectivity index (χ0n) is 17.0. The van der Waals surface area contributed by atoms with Crippen LogP contribution in [0.15, 0.2) is 72.3 Å². The molecule has 0 radical (unpaired) electrons. The van der Waals surface area contributed by atoms with Gasteiger partial charge >= 0.3 is 0 Å². The lowest BCUT2D eigenvalue weighted by atomic mass is 10.1. The predicted octanol–water partition coefficient (Wildman–Crippen LogP) is 5.68. The zero-order valence-corrected chi connectivity index (χ0v) is 17.8. The highest BCUT2D eigenvalue weighted by Gasteiger charge is 2.12. The van der Waals surface area contributed by atoms with Gasteiger partial charge in [-0.3, -0.25) is 14.9 Å². The van der Waals surface area contributed by atoms with Crippen molar-refractivity contribution < 1.29 is 14.5 Å². The van der Waals surface area contributed by atoms with Crippen molar-refractivity contribution in [1.82, 2.24) is 0 Å². The van der Waals surface area contributed by atoms with Crippen LogP contribution < -0.4 is 10.1 Å². The van der Waals surface area contributed by atoms with Gasteiger partial charge in [0.05, 0.1) is 4.92 Å². The van der Waals surface area contributed by atoms with Crippen LogP contribution in [0.2, 0.25) is 5.02 Å². The number of non-ortho nitro benzene ring substituents is 1. The summed E-state index contributed by atoms with van der Waals surface area (Å²) >= 11 is 6.07. The van der Waals surface area contributed by atoms with Gasteiger partial charge < -0.3 is 10.1 Å². The number of hydrogen-bond donors (Lipinski definition) is 1. The van der Waals surface area contributed by atoms with Crippen molar-refractivity contribution in [2.75, 3.05) is 5.32 Å². The first-order chi connectivity index (χ1) is 15.4. The van der Waals surface area contributed by atoms with Crippen molar-refractivity contribution in [3.05, 3.63) is 104 Å². The van der Waals surface area contributed by atoms with E-state index in [1.54, 1.807) is 61.5 Å². The number of nitriles is 1. The van der Waals surface area contributed by atoms with E-state index in [-0.39, 0.29) is 17.9 Å². The molecule has 3 aromatic carbocycles.